The molecular formula is C18H18N2O3. The molecule has 4 unspecified atom stereocenters. The van der Waals surface area contributed by atoms with E-state index in [1.54, 1.807) is 19.1 Å². The summed E-state index contributed by atoms with van der Waals surface area (Å²) >= 11 is 0. The van der Waals surface area contributed by atoms with Gasteiger partial charge in [0.1, 0.15) is 0 Å². The van der Waals surface area contributed by atoms with E-state index >= 15 is 0 Å². The zero-order chi connectivity index (χ0) is 16.1. The molecule has 23 heavy (non-hydrogen) atoms. The van der Waals surface area contributed by atoms with Crippen molar-refractivity contribution < 1.29 is 14.4 Å². The first kappa shape index (κ1) is 14.3. The van der Waals surface area contributed by atoms with Crippen LogP contribution in [-0.2, 0) is 20.9 Å². The van der Waals surface area contributed by atoms with Crippen LogP contribution >= 0.6 is 0 Å². The second-order valence-corrected chi connectivity index (χ2v) is 6.33. The quantitative estimate of drug-likeness (QED) is 0.782. The van der Waals surface area contributed by atoms with E-state index in [-0.39, 0.29) is 23.6 Å². The predicted molar refractivity (Wildman–Crippen MR) is 83.1 cm³/mol. The van der Waals surface area contributed by atoms with E-state index in [4.69, 9.17) is 0 Å². The average molecular weight is 310 g/mol. The Balaban J connectivity index is 1.72. The average Bonchev–Trinajstić information content (AvgIpc) is 2.93. The van der Waals surface area contributed by atoms with Gasteiger partial charge in [0, 0.05) is 19.1 Å². The van der Waals surface area contributed by atoms with Crippen molar-refractivity contribution in [1.82, 2.24) is 9.80 Å². The molecule has 3 aliphatic heterocycles. The van der Waals surface area contributed by atoms with Gasteiger partial charge in [-0.05, 0) is 18.6 Å². The van der Waals surface area contributed by atoms with E-state index in [1.165, 1.54) is 4.90 Å². The van der Waals surface area contributed by atoms with E-state index < -0.39 is 17.9 Å². The van der Waals surface area contributed by atoms with Gasteiger partial charge in [-0.1, -0.05) is 36.4 Å². The van der Waals surface area contributed by atoms with E-state index in [9.17, 15) is 14.4 Å². The zero-order valence-electron chi connectivity index (χ0n) is 12.9. The van der Waals surface area contributed by atoms with Crippen LogP contribution < -0.4 is 0 Å². The van der Waals surface area contributed by atoms with Gasteiger partial charge in [-0.3, -0.25) is 24.2 Å². The number of benzene rings is 1. The third-order valence-electron chi connectivity index (χ3n) is 5.21. The number of nitrogens with zero attached hydrogens (tertiary/aromatic N) is 2. The van der Waals surface area contributed by atoms with Crippen molar-refractivity contribution in [1.29, 1.82) is 0 Å². The Morgan fingerprint density at radius 1 is 1.00 bits per heavy atom. The van der Waals surface area contributed by atoms with Crippen LogP contribution in [0.4, 0.5) is 0 Å². The highest BCUT2D eigenvalue weighted by Gasteiger charge is 2.63. The third-order valence-corrected chi connectivity index (χ3v) is 5.21. The van der Waals surface area contributed by atoms with E-state index in [1.807, 2.05) is 35.2 Å². The van der Waals surface area contributed by atoms with Crippen molar-refractivity contribution in [2.45, 2.75) is 25.6 Å². The van der Waals surface area contributed by atoms with Gasteiger partial charge in [0.05, 0.1) is 17.9 Å². The van der Waals surface area contributed by atoms with Gasteiger partial charge in [0.2, 0.25) is 11.8 Å². The standard InChI is InChI=1S/C18H18N2O3/c1-2-19-17(22)14-12-8-9-13(21)16(15(14)18(19)23)20(12)10-11-6-4-3-5-7-11/h3-9,12,14-16H,2,10H2,1H3. The van der Waals surface area contributed by atoms with Gasteiger partial charge in [-0.15, -0.1) is 0 Å². The van der Waals surface area contributed by atoms with Crippen LogP contribution in [0.1, 0.15) is 12.5 Å². The third kappa shape index (κ3) is 1.93. The summed E-state index contributed by atoms with van der Waals surface area (Å²) in [6, 6.07) is 9.17. The van der Waals surface area contributed by atoms with Gasteiger partial charge < -0.3 is 0 Å². The van der Waals surface area contributed by atoms with Crippen molar-refractivity contribution in [3.05, 3.63) is 48.0 Å². The Bertz CT molecular complexity index is 712. The molecule has 2 saturated heterocycles. The molecule has 4 atom stereocenters. The molecule has 1 aromatic carbocycles. The van der Waals surface area contributed by atoms with Gasteiger partial charge in [-0.2, -0.15) is 0 Å². The Hall–Kier alpha value is -2.27. The highest BCUT2D eigenvalue weighted by atomic mass is 16.2. The van der Waals surface area contributed by atoms with Crippen molar-refractivity contribution in [3.8, 4) is 0 Å². The number of carbonyl (C=O) groups excluding carboxylic acids is 3. The fraction of sp³-hybridized carbons (Fsp3) is 0.389. The molecule has 4 rings (SSSR count). The summed E-state index contributed by atoms with van der Waals surface area (Å²) in [7, 11) is 0. The number of rotatable bonds is 3. The van der Waals surface area contributed by atoms with E-state index in [0.717, 1.165) is 5.56 Å². The summed E-state index contributed by atoms with van der Waals surface area (Å²) in [6.07, 6.45) is 3.35. The molecule has 0 spiro atoms. The molecule has 0 aromatic heterocycles. The molecule has 5 nitrogen and oxygen atoms in total. The van der Waals surface area contributed by atoms with Crippen LogP contribution in [-0.4, -0.2) is 46.0 Å². The molecule has 118 valence electrons. The Labute approximate surface area is 134 Å². The summed E-state index contributed by atoms with van der Waals surface area (Å²) in [5.74, 6) is -1.33. The molecule has 0 radical (unpaired) electrons. The van der Waals surface area contributed by atoms with Crippen LogP contribution in [0.15, 0.2) is 42.5 Å². The summed E-state index contributed by atoms with van der Waals surface area (Å²) < 4.78 is 0. The smallest absolute Gasteiger partial charge is 0.235 e. The fourth-order valence-electron chi connectivity index (χ4n) is 4.24. The van der Waals surface area contributed by atoms with Crippen LogP contribution in [0.5, 0.6) is 0 Å². The minimum Gasteiger partial charge on any atom is -0.293 e. The SMILES string of the molecule is CCN1C(=O)C2C(C1=O)C1C(=O)C=CC2N1Cc1ccccc1. The molecular weight excluding hydrogens is 292 g/mol. The lowest BCUT2D eigenvalue weighted by atomic mass is 9.90. The summed E-state index contributed by atoms with van der Waals surface area (Å²) in [6.45, 7) is 2.75. The maximum atomic E-state index is 12.6. The van der Waals surface area contributed by atoms with Crippen LogP contribution in [0.3, 0.4) is 0 Å². The Kier molecular flexibility index (Phi) is 3.20. The lowest BCUT2D eigenvalue weighted by molar-refractivity contribution is -0.142. The molecule has 0 aliphatic carbocycles. The maximum absolute atomic E-state index is 12.6. The van der Waals surface area contributed by atoms with Crippen LogP contribution in [0.25, 0.3) is 0 Å². The molecule has 2 bridgehead atoms. The second-order valence-electron chi connectivity index (χ2n) is 6.33. The summed E-state index contributed by atoms with van der Waals surface area (Å²) in [5.41, 5.74) is 1.08. The predicted octanol–water partition coefficient (Wildman–Crippen LogP) is 0.999. The number of likely N-dealkylation sites (tertiary alicyclic amines) is 1. The first-order chi connectivity index (χ1) is 11.1. The number of ketones is 1. The summed E-state index contributed by atoms with van der Waals surface area (Å²) in [5, 5.41) is 0. The molecule has 2 amide bonds. The Morgan fingerprint density at radius 2 is 1.70 bits per heavy atom. The molecule has 0 N–H and O–H groups in total. The van der Waals surface area contributed by atoms with Gasteiger partial charge >= 0.3 is 0 Å². The van der Waals surface area contributed by atoms with Crippen LogP contribution in [0, 0.1) is 11.8 Å². The maximum Gasteiger partial charge on any atom is 0.235 e. The first-order valence-electron chi connectivity index (χ1n) is 8.00. The van der Waals surface area contributed by atoms with Gasteiger partial charge in [0.25, 0.3) is 0 Å². The fourth-order valence-corrected chi connectivity index (χ4v) is 4.24. The number of fused-ring (bicyclic) bond motifs is 5. The minimum atomic E-state index is -0.529. The highest BCUT2D eigenvalue weighted by molar-refractivity contribution is 6.11. The molecule has 1 aromatic rings. The van der Waals surface area contributed by atoms with E-state index in [2.05, 4.69) is 0 Å². The number of carbonyl (C=O) groups is 3. The minimum absolute atomic E-state index is 0.0659. The number of amides is 2. The molecule has 2 fully saturated rings. The zero-order valence-corrected chi connectivity index (χ0v) is 12.9. The summed E-state index contributed by atoms with van der Waals surface area (Å²) in [4.78, 5) is 41.0. The lowest BCUT2D eigenvalue weighted by Crippen LogP contribution is -2.48. The molecule has 5 heteroatoms. The number of hydrogen-bond donors (Lipinski definition) is 0. The highest BCUT2D eigenvalue weighted by Crippen LogP contribution is 2.45. The lowest BCUT2D eigenvalue weighted by Gasteiger charge is -2.33. The second kappa shape index (κ2) is 5.13. The number of imide groups is 1. The molecule has 3 heterocycles. The van der Waals surface area contributed by atoms with Crippen LogP contribution in [0.2, 0.25) is 0 Å². The topological polar surface area (TPSA) is 57.7 Å². The van der Waals surface area contributed by atoms with E-state index in [0.29, 0.717) is 13.1 Å². The first-order valence-corrected chi connectivity index (χ1v) is 8.00. The van der Waals surface area contributed by atoms with Crippen molar-refractivity contribution >= 4 is 17.6 Å². The normalized spacial score (nSPS) is 32.7. The monoisotopic (exact) mass is 310 g/mol. The van der Waals surface area contributed by atoms with Crippen molar-refractivity contribution in [2.24, 2.45) is 11.8 Å². The van der Waals surface area contributed by atoms with Gasteiger partial charge in [0.15, 0.2) is 5.78 Å². The largest absolute Gasteiger partial charge is 0.293 e. The number of hydrogen-bond acceptors (Lipinski definition) is 4. The molecule has 3 aliphatic rings. The van der Waals surface area contributed by atoms with Gasteiger partial charge in [-0.25, -0.2) is 0 Å². The van der Waals surface area contributed by atoms with Crippen molar-refractivity contribution in [3.63, 3.8) is 0 Å². The van der Waals surface area contributed by atoms with Crippen molar-refractivity contribution in [2.75, 3.05) is 6.54 Å². The Morgan fingerprint density at radius 3 is 2.39 bits per heavy atom. The molecule has 0 saturated carbocycles.